The van der Waals surface area contributed by atoms with Gasteiger partial charge in [-0.1, -0.05) is 0 Å². The van der Waals surface area contributed by atoms with Gasteiger partial charge in [-0.05, 0) is 48.5 Å². The first-order chi connectivity index (χ1) is 11.1. The lowest BCUT2D eigenvalue weighted by Crippen LogP contribution is -2.26. The molecule has 0 radical (unpaired) electrons. The van der Waals surface area contributed by atoms with Crippen molar-refractivity contribution < 1.29 is 21.6 Å². The van der Waals surface area contributed by atoms with Gasteiger partial charge in [0, 0.05) is 12.7 Å². The van der Waals surface area contributed by atoms with Gasteiger partial charge in [-0.25, -0.2) is 16.8 Å². The van der Waals surface area contributed by atoms with Crippen LogP contribution >= 0.6 is 0 Å². The molecule has 9 heteroatoms. The van der Waals surface area contributed by atoms with E-state index in [1.807, 2.05) is 0 Å². The predicted octanol–water partition coefficient (Wildman–Crippen LogP) is 1.89. The zero-order valence-electron chi connectivity index (χ0n) is 13.4. The molecule has 0 heterocycles. The molecule has 2 aromatic rings. The van der Waals surface area contributed by atoms with E-state index in [1.54, 1.807) is 12.1 Å². The number of methoxy groups -OCH3 is 1. The molecular weight excluding hydrogens is 352 g/mol. The van der Waals surface area contributed by atoms with Crippen molar-refractivity contribution in [1.82, 2.24) is 0 Å². The molecule has 2 rings (SSSR count). The van der Waals surface area contributed by atoms with Crippen LogP contribution in [0.4, 0.5) is 11.4 Å². The van der Waals surface area contributed by atoms with Crippen molar-refractivity contribution in [2.75, 3.05) is 29.4 Å². The van der Waals surface area contributed by atoms with E-state index in [4.69, 9.17) is 4.74 Å². The third-order valence-corrected chi connectivity index (χ3v) is 5.66. The summed E-state index contributed by atoms with van der Waals surface area (Å²) in [4.78, 5) is 0.129. The van der Waals surface area contributed by atoms with Crippen LogP contribution in [-0.2, 0) is 20.0 Å². The summed E-state index contributed by atoms with van der Waals surface area (Å²) in [6.07, 6.45) is 1.04. The summed E-state index contributed by atoms with van der Waals surface area (Å²) in [5.41, 5.74) is 0.765. The SMILES string of the molecule is COc1ccc(S(=O)(=O)N(C)c2ccc(NS(C)(=O)=O)cc2)cc1. The molecule has 130 valence electrons. The van der Waals surface area contributed by atoms with Gasteiger partial charge in [0.2, 0.25) is 10.0 Å². The highest BCUT2D eigenvalue weighted by atomic mass is 32.2. The summed E-state index contributed by atoms with van der Waals surface area (Å²) < 4.78 is 56.1. The summed E-state index contributed by atoms with van der Waals surface area (Å²) in [6.45, 7) is 0. The van der Waals surface area contributed by atoms with E-state index in [-0.39, 0.29) is 4.90 Å². The van der Waals surface area contributed by atoms with E-state index in [9.17, 15) is 16.8 Å². The molecule has 0 aromatic heterocycles. The molecular formula is C15H18N2O5S2. The minimum absolute atomic E-state index is 0.129. The van der Waals surface area contributed by atoms with Crippen molar-refractivity contribution in [3.63, 3.8) is 0 Å². The van der Waals surface area contributed by atoms with Gasteiger partial charge in [0.25, 0.3) is 10.0 Å². The van der Waals surface area contributed by atoms with Crippen LogP contribution in [0.5, 0.6) is 5.75 Å². The molecule has 0 atom stereocenters. The standard InChI is InChI=1S/C15H18N2O5S2/c1-17(13-6-4-12(5-7-13)16-23(3,18)19)24(20,21)15-10-8-14(22-2)9-11-15/h4-11,16H,1-3H3. The van der Waals surface area contributed by atoms with Crippen LogP contribution in [0, 0.1) is 0 Å². The first-order valence-electron chi connectivity index (χ1n) is 6.84. The highest BCUT2D eigenvalue weighted by Gasteiger charge is 2.21. The van der Waals surface area contributed by atoms with Gasteiger partial charge >= 0.3 is 0 Å². The fourth-order valence-corrected chi connectivity index (χ4v) is 3.76. The van der Waals surface area contributed by atoms with E-state index < -0.39 is 20.0 Å². The van der Waals surface area contributed by atoms with E-state index >= 15 is 0 Å². The predicted molar refractivity (Wildman–Crippen MR) is 93.5 cm³/mol. The highest BCUT2D eigenvalue weighted by molar-refractivity contribution is 7.92. The number of rotatable bonds is 6. The van der Waals surface area contributed by atoms with Gasteiger partial charge in [0.1, 0.15) is 5.75 Å². The van der Waals surface area contributed by atoms with Crippen LogP contribution in [0.25, 0.3) is 0 Å². The second-order valence-electron chi connectivity index (χ2n) is 5.07. The normalized spacial score (nSPS) is 11.8. The average molecular weight is 370 g/mol. The molecule has 1 N–H and O–H groups in total. The Bertz CT molecular complexity index is 905. The van der Waals surface area contributed by atoms with Gasteiger partial charge in [0.15, 0.2) is 0 Å². The summed E-state index contributed by atoms with van der Waals surface area (Å²) in [5.74, 6) is 0.563. The minimum Gasteiger partial charge on any atom is -0.497 e. The monoisotopic (exact) mass is 370 g/mol. The van der Waals surface area contributed by atoms with Gasteiger partial charge in [0.05, 0.1) is 23.9 Å². The Balaban J connectivity index is 2.27. The number of nitrogens with zero attached hydrogens (tertiary/aromatic N) is 1. The first-order valence-corrected chi connectivity index (χ1v) is 10.2. The van der Waals surface area contributed by atoms with Crippen molar-refractivity contribution in [1.29, 1.82) is 0 Å². The Morgan fingerprint density at radius 3 is 1.92 bits per heavy atom. The topological polar surface area (TPSA) is 92.8 Å². The summed E-state index contributed by atoms with van der Waals surface area (Å²) in [7, 11) is -4.18. The summed E-state index contributed by atoms with van der Waals surface area (Å²) >= 11 is 0. The van der Waals surface area contributed by atoms with E-state index in [0.29, 0.717) is 17.1 Å². The largest absolute Gasteiger partial charge is 0.497 e. The molecule has 0 fully saturated rings. The molecule has 0 saturated heterocycles. The molecule has 0 amide bonds. The van der Waals surface area contributed by atoms with Crippen molar-refractivity contribution in [3.8, 4) is 5.75 Å². The van der Waals surface area contributed by atoms with Gasteiger partial charge < -0.3 is 4.74 Å². The quantitative estimate of drug-likeness (QED) is 0.838. The zero-order valence-corrected chi connectivity index (χ0v) is 15.1. The lowest BCUT2D eigenvalue weighted by atomic mass is 10.3. The van der Waals surface area contributed by atoms with E-state index in [2.05, 4.69) is 4.72 Å². The van der Waals surface area contributed by atoms with Crippen molar-refractivity contribution in [2.24, 2.45) is 0 Å². The van der Waals surface area contributed by atoms with Crippen LogP contribution in [0.1, 0.15) is 0 Å². The average Bonchev–Trinajstić information content (AvgIpc) is 2.53. The Kier molecular flexibility index (Phi) is 5.05. The molecule has 0 aliphatic carbocycles. The number of anilines is 2. The lowest BCUT2D eigenvalue weighted by molar-refractivity contribution is 0.414. The number of sulfonamides is 2. The van der Waals surface area contributed by atoms with E-state index in [1.165, 1.54) is 50.6 Å². The number of nitrogens with one attached hydrogen (secondary N) is 1. The smallest absolute Gasteiger partial charge is 0.264 e. The molecule has 0 aliphatic heterocycles. The van der Waals surface area contributed by atoms with Crippen LogP contribution in [0.3, 0.4) is 0 Å². The van der Waals surface area contributed by atoms with Crippen LogP contribution in [-0.4, -0.2) is 37.2 Å². The third-order valence-electron chi connectivity index (χ3n) is 3.25. The Morgan fingerprint density at radius 2 is 1.46 bits per heavy atom. The Labute approximate surface area is 142 Å². The lowest BCUT2D eigenvalue weighted by Gasteiger charge is -2.20. The maximum absolute atomic E-state index is 12.6. The highest BCUT2D eigenvalue weighted by Crippen LogP contribution is 2.25. The van der Waals surface area contributed by atoms with Crippen molar-refractivity contribution in [2.45, 2.75) is 4.90 Å². The molecule has 7 nitrogen and oxygen atoms in total. The molecule has 0 saturated carbocycles. The molecule has 0 bridgehead atoms. The van der Waals surface area contributed by atoms with Crippen LogP contribution in [0.2, 0.25) is 0 Å². The minimum atomic E-state index is -3.73. The molecule has 0 unspecified atom stereocenters. The van der Waals surface area contributed by atoms with Gasteiger partial charge in [-0.15, -0.1) is 0 Å². The van der Waals surface area contributed by atoms with Crippen LogP contribution < -0.4 is 13.8 Å². The Hall–Kier alpha value is -2.26. The van der Waals surface area contributed by atoms with Crippen molar-refractivity contribution in [3.05, 3.63) is 48.5 Å². The maximum Gasteiger partial charge on any atom is 0.264 e. The van der Waals surface area contributed by atoms with Gasteiger partial charge in [-0.2, -0.15) is 0 Å². The first kappa shape index (κ1) is 18.1. The van der Waals surface area contributed by atoms with Crippen molar-refractivity contribution >= 4 is 31.4 Å². The second kappa shape index (κ2) is 6.70. The van der Waals surface area contributed by atoms with Gasteiger partial charge in [-0.3, -0.25) is 9.03 Å². The Morgan fingerprint density at radius 1 is 0.917 bits per heavy atom. The number of hydrogen-bond acceptors (Lipinski definition) is 5. The molecule has 24 heavy (non-hydrogen) atoms. The third kappa shape index (κ3) is 4.18. The molecule has 0 spiro atoms. The van der Waals surface area contributed by atoms with Crippen LogP contribution in [0.15, 0.2) is 53.4 Å². The second-order valence-corrected chi connectivity index (χ2v) is 8.79. The fraction of sp³-hybridized carbons (Fsp3) is 0.200. The number of ether oxygens (including phenoxy) is 1. The molecule has 0 aliphatic rings. The summed E-state index contributed by atoms with van der Waals surface area (Å²) in [5, 5.41) is 0. The summed E-state index contributed by atoms with van der Waals surface area (Å²) in [6, 6.07) is 12.1. The van der Waals surface area contributed by atoms with E-state index in [0.717, 1.165) is 10.6 Å². The molecule has 2 aromatic carbocycles. The maximum atomic E-state index is 12.6. The zero-order chi connectivity index (χ0) is 18.0. The number of benzene rings is 2. The fourth-order valence-electron chi connectivity index (χ4n) is 2.00. The number of hydrogen-bond donors (Lipinski definition) is 1.